The molecule has 0 saturated heterocycles. The molecule has 0 bridgehead atoms. The monoisotopic (exact) mass is 442 g/mol. The molecule has 0 spiro atoms. The van der Waals surface area contributed by atoms with E-state index < -0.39 is 0 Å². The van der Waals surface area contributed by atoms with Crippen molar-refractivity contribution in [1.29, 1.82) is 0 Å². The third kappa shape index (κ3) is 4.21. The van der Waals surface area contributed by atoms with Gasteiger partial charge in [-0.15, -0.1) is 0 Å². The van der Waals surface area contributed by atoms with E-state index in [1.807, 2.05) is 87.5 Å². The van der Waals surface area contributed by atoms with Gasteiger partial charge in [-0.25, -0.2) is 4.90 Å². The van der Waals surface area contributed by atoms with Crippen LogP contribution in [0.4, 0.5) is 11.4 Å². The summed E-state index contributed by atoms with van der Waals surface area (Å²) in [6.45, 7) is 7.97. The fourth-order valence-corrected chi connectivity index (χ4v) is 4.63. The van der Waals surface area contributed by atoms with Crippen LogP contribution in [0, 0.1) is 20.8 Å². The van der Waals surface area contributed by atoms with E-state index in [9.17, 15) is 9.59 Å². The SMILES string of the molecule is CCc1ccccc1NC1=C(Sc2ccc(C)cc2)C(=O)N(c2cc(C)ccc2C)C1=O. The van der Waals surface area contributed by atoms with Gasteiger partial charge in [0.25, 0.3) is 11.8 Å². The van der Waals surface area contributed by atoms with Gasteiger partial charge in [-0.3, -0.25) is 9.59 Å². The normalized spacial score (nSPS) is 13.8. The van der Waals surface area contributed by atoms with Gasteiger partial charge in [0.15, 0.2) is 0 Å². The summed E-state index contributed by atoms with van der Waals surface area (Å²) in [5.41, 5.74) is 5.90. The average Bonchev–Trinajstić information content (AvgIpc) is 3.01. The zero-order valence-corrected chi connectivity index (χ0v) is 19.5. The van der Waals surface area contributed by atoms with Crippen molar-refractivity contribution in [3.63, 3.8) is 0 Å². The lowest BCUT2D eigenvalue weighted by Gasteiger charge is -2.18. The Labute approximate surface area is 193 Å². The second-order valence-corrected chi connectivity index (χ2v) is 9.07. The number of aryl methyl sites for hydroxylation is 4. The number of rotatable bonds is 6. The Morgan fingerprint density at radius 1 is 0.844 bits per heavy atom. The van der Waals surface area contributed by atoms with E-state index in [0.29, 0.717) is 16.3 Å². The van der Waals surface area contributed by atoms with E-state index in [0.717, 1.165) is 39.3 Å². The predicted octanol–water partition coefficient (Wildman–Crippen LogP) is 6.16. The smallest absolute Gasteiger partial charge is 0.283 e. The molecule has 162 valence electrons. The second-order valence-electron chi connectivity index (χ2n) is 7.99. The fourth-order valence-electron chi connectivity index (χ4n) is 3.70. The van der Waals surface area contributed by atoms with Crippen molar-refractivity contribution >= 4 is 35.0 Å². The largest absolute Gasteiger partial charge is 0.350 e. The van der Waals surface area contributed by atoms with Gasteiger partial charge in [0, 0.05) is 10.6 Å². The molecule has 4 rings (SSSR count). The maximum absolute atomic E-state index is 13.6. The van der Waals surface area contributed by atoms with Crippen LogP contribution in [0.15, 0.2) is 82.2 Å². The van der Waals surface area contributed by atoms with E-state index in [1.54, 1.807) is 0 Å². The molecule has 0 aromatic heterocycles. The van der Waals surface area contributed by atoms with Crippen molar-refractivity contribution in [3.8, 4) is 0 Å². The number of nitrogens with zero attached hydrogens (tertiary/aromatic N) is 1. The van der Waals surface area contributed by atoms with Crippen LogP contribution in [0.2, 0.25) is 0 Å². The van der Waals surface area contributed by atoms with Crippen LogP contribution < -0.4 is 10.2 Å². The molecule has 0 fully saturated rings. The Bertz CT molecular complexity index is 1230. The lowest BCUT2D eigenvalue weighted by atomic mass is 10.1. The maximum atomic E-state index is 13.6. The third-order valence-corrected chi connectivity index (χ3v) is 6.64. The number of thioether (sulfide) groups is 1. The van der Waals surface area contributed by atoms with Gasteiger partial charge in [-0.05, 0) is 68.1 Å². The van der Waals surface area contributed by atoms with Crippen LogP contribution in [0.1, 0.15) is 29.2 Å². The number of anilines is 2. The highest BCUT2D eigenvalue weighted by atomic mass is 32.2. The van der Waals surface area contributed by atoms with Gasteiger partial charge < -0.3 is 5.32 Å². The zero-order chi connectivity index (χ0) is 22.8. The Morgan fingerprint density at radius 3 is 2.25 bits per heavy atom. The predicted molar refractivity (Wildman–Crippen MR) is 132 cm³/mol. The minimum absolute atomic E-state index is 0.300. The van der Waals surface area contributed by atoms with Gasteiger partial charge in [0.1, 0.15) is 10.6 Å². The van der Waals surface area contributed by atoms with Gasteiger partial charge >= 0.3 is 0 Å². The number of imide groups is 1. The molecule has 0 saturated carbocycles. The minimum atomic E-state index is -0.329. The summed E-state index contributed by atoms with van der Waals surface area (Å²) in [6.07, 6.45) is 0.819. The fraction of sp³-hybridized carbons (Fsp3) is 0.185. The molecule has 5 heteroatoms. The van der Waals surface area contributed by atoms with E-state index in [2.05, 4.69) is 12.2 Å². The quantitative estimate of drug-likeness (QED) is 0.464. The Balaban J connectivity index is 1.79. The molecule has 0 aliphatic carbocycles. The molecule has 2 amide bonds. The molecule has 3 aromatic carbocycles. The number of hydrogen-bond donors (Lipinski definition) is 1. The average molecular weight is 443 g/mol. The topological polar surface area (TPSA) is 49.4 Å². The van der Waals surface area contributed by atoms with Crippen molar-refractivity contribution in [1.82, 2.24) is 0 Å². The number of carbonyl (C=O) groups excluding carboxylic acids is 2. The van der Waals surface area contributed by atoms with Gasteiger partial charge in [-0.2, -0.15) is 0 Å². The van der Waals surface area contributed by atoms with E-state index >= 15 is 0 Å². The summed E-state index contributed by atoms with van der Waals surface area (Å²) in [7, 11) is 0. The number of carbonyl (C=O) groups is 2. The first-order valence-electron chi connectivity index (χ1n) is 10.7. The van der Waals surface area contributed by atoms with Crippen molar-refractivity contribution in [2.24, 2.45) is 0 Å². The van der Waals surface area contributed by atoms with Crippen LogP contribution in [0.3, 0.4) is 0 Å². The first-order valence-corrected chi connectivity index (χ1v) is 11.5. The molecule has 0 unspecified atom stereocenters. The number of benzene rings is 3. The van der Waals surface area contributed by atoms with Gasteiger partial charge in [-0.1, -0.05) is 66.7 Å². The molecule has 1 N–H and O–H groups in total. The van der Waals surface area contributed by atoms with Crippen LogP contribution in [-0.4, -0.2) is 11.8 Å². The van der Waals surface area contributed by atoms with Crippen LogP contribution in [-0.2, 0) is 16.0 Å². The molecule has 3 aromatic rings. The summed E-state index contributed by atoms with van der Waals surface area (Å²) in [5, 5.41) is 3.30. The summed E-state index contributed by atoms with van der Waals surface area (Å²) in [4.78, 5) is 29.8. The number of para-hydroxylation sites is 1. The molecule has 1 heterocycles. The van der Waals surface area contributed by atoms with E-state index in [4.69, 9.17) is 0 Å². The Morgan fingerprint density at radius 2 is 1.53 bits per heavy atom. The van der Waals surface area contributed by atoms with E-state index in [1.165, 1.54) is 16.7 Å². The summed E-state index contributed by atoms with van der Waals surface area (Å²) < 4.78 is 0. The third-order valence-electron chi connectivity index (χ3n) is 5.55. The van der Waals surface area contributed by atoms with E-state index in [-0.39, 0.29) is 11.8 Å². The minimum Gasteiger partial charge on any atom is -0.350 e. The standard InChI is InChI=1S/C27H26N2O2S/c1-5-20-8-6-7-9-22(20)28-24-25(32-21-14-11-17(2)12-15-21)27(31)29(26(24)30)23-16-18(3)10-13-19(23)4/h6-16,28H,5H2,1-4H3. The molecule has 4 nitrogen and oxygen atoms in total. The van der Waals surface area contributed by atoms with Crippen LogP contribution in [0.5, 0.6) is 0 Å². The lowest BCUT2D eigenvalue weighted by Crippen LogP contribution is -2.33. The molecular formula is C27H26N2O2S. The van der Waals surface area contributed by atoms with Crippen molar-refractivity contribution in [2.45, 2.75) is 39.0 Å². The first kappa shape index (κ1) is 21.9. The van der Waals surface area contributed by atoms with Crippen LogP contribution >= 0.6 is 11.8 Å². The van der Waals surface area contributed by atoms with Crippen molar-refractivity contribution < 1.29 is 9.59 Å². The number of nitrogens with one attached hydrogen (secondary N) is 1. The van der Waals surface area contributed by atoms with Crippen LogP contribution in [0.25, 0.3) is 0 Å². The molecular weight excluding hydrogens is 416 g/mol. The molecule has 1 aliphatic heterocycles. The van der Waals surface area contributed by atoms with Crippen molar-refractivity contribution in [3.05, 3.63) is 99.6 Å². The Kier molecular flexibility index (Phi) is 6.19. The summed E-state index contributed by atoms with van der Waals surface area (Å²) in [6, 6.07) is 21.7. The van der Waals surface area contributed by atoms with Gasteiger partial charge in [0.05, 0.1) is 5.69 Å². The molecule has 32 heavy (non-hydrogen) atoms. The maximum Gasteiger partial charge on any atom is 0.283 e. The molecule has 0 radical (unpaired) electrons. The number of amides is 2. The molecule has 0 atom stereocenters. The highest BCUT2D eigenvalue weighted by Crippen LogP contribution is 2.39. The van der Waals surface area contributed by atoms with Crippen molar-refractivity contribution in [2.75, 3.05) is 10.2 Å². The summed E-state index contributed by atoms with van der Waals surface area (Å²) >= 11 is 1.33. The highest BCUT2D eigenvalue weighted by Gasteiger charge is 2.41. The molecule has 1 aliphatic rings. The zero-order valence-electron chi connectivity index (χ0n) is 18.7. The highest BCUT2D eigenvalue weighted by molar-refractivity contribution is 8.04. The second kappa shape index (κ2) is 9.05. The first-order chi connectivity index (χ1) is 15.4. The van der Waals surface area contributed by atoms with Gasteiger partial charge in [0.2, 0.25) is 0 Å². The number of hydrogen-bond acceptors (Lipinski definition) is 4. The summed E-state index contributed by atoms with van der Waals surface area (Å²) in [5.74, 6) is -0.630. The Hall–Kier alpha value is -3.31. The lowest BCUT2D eigenvalue weighted by molar-refractivity contribution is -0.120.